The standard InChI is InChI=1S/C18H29N2O.BrH/c1-19-16-20(18-13-9-8-12-17(18)19)14-10-6-4-2-3-5-7-11-15-21;/h8-9,12-13,16,21H,2-7,10-11,14-15H2,1H3;1H/q+1;/p-1. The van der Waals surface area contributed by atoms with E-state index in [0.717, 1.165) is 13.0 Å². The van der Waals surface area contributed by atoms with Crippen LogP contribution in [-0.2, 0) is 13.6 Å². The van der Waals surface area contributed by atoms with Gasteiger partial charge in [-0.05, 0) is 31.4 Å². The molecule has 0 radical (unpaired) electrons. The first-order valence-corrected chi connectivity index (χ1v) is 8.37. The zero-order chi connectivity index (χ0) is 14.9. The van der Waals surface area contributed by atoms with Crippen LogP contribution in [0.5, 0.6) is 0 Å². The summed E-state index contributed by atoms with van der Waals surface area (Å²) in [6.45, 7) is 1.47. The van der Waals surface area contributed by atoms with Gasteiger partial charge in [0.2, 0.25) is 6.33 Å². The van der Waals surface area contributed by atoms with Crippen LogP contribution in [0.3, 0.4) is 0 Å². The number of para-hydroxylation sites is 2. The van der Waals surface area contributed by atoms with Crippen molar-refractivity contribution in [3.63, 3.8) is 0 Å². The maximum Gasteiger partial charge on any atom is 0.244 e. The predicted molar refractivity (Wildman–Crippen MR) is 87.1 cm³/mol. The minimum atomic E-state index is 0. The van der Waals surface area contributed by atoms with Gasteiger partial charge >= 0.3 is 0 Å². The Kier molecular flexibility index (Phi) is 9.41. The lowest BCUT2D eigenvalue weighted by Crippen LogP contribution is -3.00. The summed E-state index contributed by atoms with van der Waals surface area (Å²) in [4.78, 5) is 0. The molecule has 3 nitrogen and oxygen atoms in total. The van der Waals surface area contributed by atoms with Crippen molar-refractivity contribution < 1.29 is 26.7 Å². The zero-order valence-electron chi connectivity index (χ0n) is 13.7. The highest BCUT2D eigenvalue weighted by Gasteiger charge is 2.11. The number of halogens is 1. The lowest BCUT2D eigenvalue weighted by Gasteiger charge is -2.01. The van der Waals surface area contributed by atoms with Gasteiger partial charge in [-0.25, -0.2) is 9.13 Å². The number of aryl methyl sites for hydroxylation is 2. The predicted octanol–water partition coefficient (Wildman–Crippen LogP) is 0.583. The third-order valence-electron chi connectivity index (χ3n) is 4.19. The zero-order valence-corrected chi connectivity index (χ0v) is 15.3. The second-order valence-electron chi connectivity index (χ2n) is 5.96. The van der Waals surface area contributed by atoms with Crippen LogP contribution in [-0.4, -0.2) is 16.3 Å². The smallest absolute Gasteiger partial charge is 0.244 e. The van der Waals surface area contributed by atoms with E-state index >= 15 is 0 Å². The molecule has 0 bridgehead atoms. The minimum Gasteiger partial charge on any atom is -1.00 e. The van der Waals surface area contributed by atoms with Crippen LogP contribution in [0.25, 0.3) is 11.0 Å². The molecule has 1 N–H and O–H groups in total. The van der Waals surface area contributed by atoms with E-state index in [4.69, 9.17) is 5.11 Å². The van der Waals surface area contributed by atoms with Gasteiger partial charge in [0, 0.05) is 6.61 Å². The highest BCUT2D eigenvalue weighted by atomic mass is 79.9. The Labute approximate surface area is 144 Å². The molecule has 0 saturated carbocycles. The fraction of sp³-hybridized carbons (Fsp3) is 0.611. The quantitative estimate of drug-likeness (QED) is 0.482. The number of unbranched alkanes of at least 4 members (excludes halogenated alkanes) is 7. The Morgan fingerprint density at radius 3 is 2.18 bits per heavy atom. The van der Waals surface area contributed by atoms with Crippen molar-refractivity contribution in [2.24, 2.45) is 7.05 Å². The highest BCUT2D eigenvalue weighted by molar-refractivity contribution is 5.71. The number of aliphatic hydroxyl groups is 1. The van der Waals surface area contributed by atoms with Gasteiger partial charge in [0.25, 0.3) is 0 Å². The Morgan fingerprint density at radius 1 is 0.909 bits per heavy atom. The largest absolute Gasteiger partial charge is 1.00 e. The maximum absolute atomic E-state index is 8.72. The molecular formula is C18H29BrN2O. The van der Waals surface area contributed by atoms with Crippen LogP contribution < -0.4 is 21.5 Å². The van der Waals surface area contributed by atoms with Crippen molar-refractivity contribution in [2.45, 2.75) is 57.9 Å². The number of rotatable bonds is 10. The van der Waals surface area contributed by atoms with Crippen molar-refractivity contribution in [3.8, 4) is 0 Å². The normalized spacial score (nSPS) is 10.8. The first-order valence-electron chi connectivity index (χ1n) is 8.37. The Bertz CT molecular complexity index is 539. The molecule has 4 heteroatoms. The third kappa shape index (κ3) is 5.73. The molecule has 1 aromatic carbocycles. The Morgan fingerprint density at radius 2 is 1.50 bits per heavy atom. The van der Waals surface area contributed by atoms with Crippen LogP contribution in [0.4, 0.5) is 0 Å². The van der Waals surface area contributed by atoms with Crippen molar-refractivity contribution in [3.05, 3.63) is 30.6 Å². The molecule has 2 aromatic rings. The molecule has 124 valence electrons. The van der Waals surface area contributed by atoms with Gasteiger partial charge in [0.1, 0.15) is 0 Å². The molecule has 2 rings (SSSR count). The van der Waals surface area contributed by atoms with E-state index in [1.807, 2.05) is 0 Å². The molecule has 0 amide bonds. The number of hydrogen-bond donors (Lipinski definition) is 1. The van der Waals surface area contributed by atoms with Gasteiger partial charge in [-0.1, -0.05) is 44.2 Å². The molecule has 0 aliphatic rings. The molecule has 1 aromatic heterocycles. The van der Waals surface area contributed by atoms with E-state index in [-0.39, 0.29) is 17.0 Å². The summed E-state index contributed by atoms with van der Waals surface area (Å²) < 4.78 is 4.58. The van der Waals surface area contributed by atoms with E-state index in [1.165, 1.54) is 56.0 Å². The van der Waals surface area contributed by atoms with E-state index in [9.17, 15) is 0 Å². The number of imidazole rings is 1. The summed E-state index contributed by atoms with van der Waals surface area (Å²) in [7, 11) is 2.12. The fourth-order valence-corrected chi connectivity index (χ4v) is 2.97. The lowest BCUT2D eigenvalue weighted by atomic mass is 10.1. The van der Waals surface area contributed by atoms with Crippen molar-refractivity contribution in [1.29, 1.82) is 0 Å². The van der Waals surface area contributed by atoms with Gasteiger partial charge < -0.3 is 22.1 Å². The molecule has 0 aliphatic heterocycles. The van der Waals surface area contributed by atoms with Gasteiger partial charge in [0.05, 0.1) is 13.6 Å². The van der Waals surface area contributed by atoms with E-state index < -0.39 is 0 Å². The summed E-state index contributed by atoms with van der Waals surface area (Å²) in [5.41, 5.74) is 2.64. The molecule has 0 spiro atoms. The molecule has 0 aliphatic carbocycles. The molecule has 0 atom stereocenters. The minimum absolute atomic E-state index is 0. The molecule has 0 saturated heterocycles. The average Bonchev–Trinajstić information content (AvgIpc) is 2.83. The molecule has 1 heterocycles. The van der Waals surface area contributed by atoms with Crippen LogP contribution in [0.1, 0.15) is 51.4 Å². The van der Waals surface area contributed by atoms with E-state index in [2.05, 4.69) is 46.8 Å². The number of nitrogens with zero attached hydrogens (tertiary/aromatic N) is 2. The number of aromatic nitrogens is 2. The van der Waals surface area contributed by atoms with Gasteiger partial charge in [-0.15, -0.1) is 0 Å². The number of fused-ring (bicyclic) bond motifs is 1. The number of hydrogen-bond acceptors (Lipinski definition) is 1. The topological polar surface area (TPSA) is 29.0 Å². The van der Waals surface area contributed by atoms with E-state index in [1.54, 1.807) is 0 Å². The van der Waals surface area contributed by atoms with Crippen molar-refractivity contribution in [1.82, 2.24) is 4.57 Å². The van der Waals surface area contributed by atoms with Gasteiger partial charge in [0.15, 0.2) is 11.0 Å². The first-order chi connectivity index (χ1) is 10.3. The average molecular weight is 369 g/mol. The number of aliphatic hydroxyl groups excluding tert-OH is 1. The van der Waals surface area contributed by atoms with Crippen LogP contribution in [0, 0.1) is 0 Å². The molecular weight excluding hydrogens is 340 g/mol. The van der Waals surface area contributed by atoms with E-state index in [0.29, 0.717) is 6.61 Å². The monoisotopic (exact) mass is 368 g/mol. The number of benzene rings is 1. The summed E-state index contributed by atoms with van der Waals surface area (Å²) in [5, 5.41) is 8.72. The highest BCUT2D eigenvalue weighted by Crippen LogP contribution is 2.13. The Balaban J connectivity index is 0.00000242. The van der Waals surface area contributed by atoms with Crippen LogP contribution in [0.2, 0.25) is 0 Å². The summed E-state index contributed by atoms with van der Waals surface area (Å²) in [6.07, 6.45) is 12.2. The first kappa shape index (κ1) is 19.2. The van der Waals surface area contributed by atoms with Gasteiger partial charge in [-0.2, -0.15) is 0 Å². The summed E-state index contributed by atoms with van der Waals surface area (Å²) >= 11 is 0. The molecule has 0 unspecified atom stereocenters. The summed E-state index contributed by atoms with van der Waals surface area (Å²) in [5.74, 6) is 0. The van der Waals surface area contributed by atoms with Crippen LogP contribution in [0.15, 0.2) is 30.6 Å². The van der Waals surface area contributed by atoms with Crippen molar-refractivity contribution >= 4 is 11.0 Å². The lowest BCUT2D eigenvalue weighted by molar-refractivity contribution is -0.645. The van der Waals surface area contributed by atoms with Gasteiger partial charge in [-0.3, -0.25) is 0 Å². The van der Waals surface area contributed by atoms with Crippen LogP contribution >= 0.6 is 0 Å². The Hall–Kier alpha value is -0.870. The molecule has 0 fully saturated rings. The van der Waals surface area contributed by atoms with Crippen molar-refractivity contribution in [2.75, 3.05) is 6.61 Å². The third-order valence-corrected chi connectivity index (χ3v) is 4.19. The second-order valence-corrected chi connectivity index (χ2v) is 5.96. The summed E-state index contributed by atoms with van der Waals surface area (Å²) in [6, 6.07) is 8.60. The fourth-order valence-electron chi connectivity index (χ4n) is 2.97. The second kappa shape index (κ2) is 10.8. The molecule has 22 heavy (non-hydrogen) atoms. The SMILES string of the molecule is C[n+]1cn(CCCCCCCCCCO)c2ccccc21.[Br-]. The maximum atomic E-state index is 8.72.